The quantitative estimate of drug-likeness (QED) is 0.845. The molecule has 3 nitrogen and oxygen atoms in total. The molecule has 1 aromatic carbocycles. The zero-order valence-electron chi connectivity index (χ0n) is 11.2. The van der Waals surface area contributed by atoms with E-state index in [-0.39, 0.29) is 5.91 Å². The van der Waals surface area contributed by atoms with E-state index in [4.69, 9.17) is 4.74 Å². The Morgan fingerprint density at radius 2 is 2.11 bits per heavy atom. The van der Waals surface area contributed by atoms with Crippen molar-refractivity contribution in [3.63, 3.8) is 0 Å². The number of benzene rings is 1. The van der Waals surface area contributed by atoms with E-state index >= 15 is 0 Å². The number of ether oxygens (including phenoxy) is 1. The van der Waals surface area contributed by atoms with Crippen molar-refractivity contribution in [2.24, 2.45) is 5.92 Å². The molecule has 0 bridgehead atoms. The van der Waals surface area contributed by atoms with Gasteiger partial charge in [-0.05, 0) is 42.9 Å². The molecule has 1 fully saturated rings. The summed E-state index contributed by atoms with van der Waals surface area (Å²) in [7, 11) is 1.64. The molecule has 104 valence electrons. The minimum atomic E-state index is 0.100. The lowest BCUT2D eigenvalue weighted by molar-refractivity contribution is -0.120. The second-order valence-corrected chi connectivity index (χ2v) is 6.40. The fourth-order valence-corrected chi connectivity index (χ4v) is 3.24. The van der Waals surface area contributed by atoms with Crippen LogP contribution in [0.15, 0.2) is 24.3 Å². The molecule has 4 heteroatoms. The number of hydrogen-bond acceptors (Lipinski definition) is 2. The summed E-state index contributed by atoms with van der Waals surface area (Å²) in [4.78, 5) is 12.5. The summed E-state index contributed by atoms with van der Waals surface area (Å²) in [6, 6.07) is 7.63. The first kappa shape index (κ1) is 14.4. The molecule has 0 spiro atoms. The maximum Gasteiger partial charge on any atom is 0.224 e. The molecule has 0 heterocycles. The Bertz CT molecular complexity index is 419. The highest BCUT2D eigenvalue weighted by atomic mass is 79.9. The van der Waals surface area contributed by atoms with Crippen molar-refractivity contribution in [1.82, 2.24) is 5.32 Å². The van der Waals surface area contributed by atoms with Gasteiger partial charge in [-0.1, -0.05) is 28.1 Å². The van der Waals surface area contributed by atoms with Crippen molar-refractivity contribution in [3.05, 3.63) is 29.8 Å². The molecule has 1 amide bonds. The summed E-state index contributed by atoms with van der Waals surface area (Å²) in [5.41, 5.74) is 1.02. The third kappa shape index (κ3) is 4.53. The molecule has 0 aliphatic heterocycles. The lowest BCUT2D eigenvalue weighted by atomic mass is 10.1. The number of carbonyl (C=O) groups excluding carboxylic acids is 1. The van der Waals surface area contributed by atoms with Crippen LogP contribution >= 0.6 is 15.9 Å². The van der Waals surface area contributed by atoms with Crippen molar-refractivity contribution >= 4 is 21.8 Å². The molecule has 1 aliphatic carbocycles. The van der Waals surface area contributed by atoms with Gasteiger partial charge in [-0.3, -0.25) is 4.79 Å². The normalized spacial score (nSPS) is 22.2. The maximum atomic E-state index is 11.9. The van der Waals surface area contributed by atoms with Gasteiger partial charge in [0.2, 0.25) is 5.91 Å². The molecule has 0 aromatic heterocycles. The molecular formula is C15H20BrNO2. The molecule has 0 saturated heterocycles. The number of rotatable bonds is 5. The van der Waals surface area contributed by atoms with Gasteiger partial charge < -0.3 is 10.1 Å². The number of methoxy groups -OCH3 is 1. The van der Waals surface area contributed by atoms with Crippen molar-refractivity contribution in [1.29, 1.82) is 0 Å². The molecule has 2 atom stereocenters. The summed E-state index contributed by atoms with van der Waals surface area (Å²) in [6.45, 7) is 0.803. The summed E-state index contributed by atoms with van der Waals surface area (Å²) in [5.74, 6) is 1.55. The van der Waals surface area contributed by atoms with Crippen molar-refractivity contribution in [3.8, 4) is 5.75 Å². The van der Waals surface area contributed by atoms with Crippen LogP contribution in [0.2, 0.25) is 0 Å². The lowest BCUT2D eigenvalue weighted by Crippen LogP contribution is -2.29. The molecule has 2 rings (SSSR count). The Morgan fingerprint density at radius 1 is 1.37 bits per heavy atom. The van der Waals surface area contributed by atoms with E-state index in [9.17, 15) is 4.79 Å². The van der Waals surface area contributed by atoms with E-state index in [1.165, 1.54) is 19.3 Å². The van der Waals surface area contributed by atoms with Crippen molar-refractivity contribution < 1.29 is 9.53 Å². The molecular weight excluding hydrogens is 306 g/mol. The SMILES string of the molecule is COc1ccc(CC(=O)NCC2CCC(Br)C2)cc1. The van der Waals surface area contributed by atoms with Gasteiger partial charge in [0.15, 0.2) is 0 Å². The molecule has 1 saturated carbocycles. The van der Waals surface area contributed by atoms with Crippen LogP contribution in [0.3, 0.4) is 0 Å². The van der Waals surface area contributed by atoms with Gasteiger partial charge in [-0.15, -0.1) is 0 Å². The second kappa shape index (κ2) is 6.94. The predicted molar refractivity (Wildman–Crippen MR) is 79.8 cm³/mol. The lowest BCUT2D eigenvalue weighted by Gasteiger charge is -2.11. The van der Waals surface area contributed by atoms with Crippen LogP contribution in [-0.4, -0.2) is 24.4 Å². The predicted octanol–water partition coefficient (Wildman–Crippen LogP) is 2.92. The average molecular weight is 326 g/mol. The number of amides is 1. The van der Waals surface area contributed by atoms with Crippen LogP contribution in [0, 0.1) is 5.92 Å². The fraction of sp³-hybridized carbons (Fsp3) is 0.533. The van der Waals surface area contributed by atoms with Crippen molar-refractivity contribution in [2.45, 2.75) is 30.5 Å². The van der Waals surface area contributed by atoms with E-state index in [1.54, 1.807) is 7.11 Å². The van der Waals surface area contributed by atoms with Gasteiger partial charge in [0.1, 0.15) is 5.75 Å². The van der Waals surface area contributed by atoms with Crippen LogP contribution < -0.4 is 10.1 Å². The number of alkyl halides is 1. The van der Waals surface area contributed by atoms with E-state index in [2.05, 4.69) is 21.2 Å². The zero-order valence-corrected chi connectivity index (χ0v) is 12.8. The third-order valence-corrected chi connectivity index (χ3v) is 4.42. The standard InChI is InChI=1S/C15H20BrNO2/c1-19-14-6-3-11(4-7-14)9-15(18)17-10-12-2-5-13(16)8-12/h3-4,6-7,12-13H,2,5,8-10H2,1H3,(H,17,18). The van der Waals surface area contributed by atoms with Gasteiger partial charge >= 0.3 is 0 Å². The van der Waals surface area contributed by atoms with E-state index in [1.807, 2.05) is 24.3 Å². The first-order chi connectivity index (χ1) is 9.17. The fourth-order valence-electron chi connectivity index (χ4n) is 2.45. The van der Waals surface area contributed by atoms with Crippen LogP contribution in [-0.2, 0) is 11.2 Å². The van der Waals surface area contributed by atoms with E-state index < -0.39 is 0 Å². The Labute approximate surface area is 122 Å². The van der Waals surface area contributed by atoms with Gasteiger partial charge in [-0.25, -0.2) is 0 Å². The highest BCUT2D eigenvalue weighted by Crippen LogP contribution is 2.29. The summed E-state index contributed by atoms with van der Waals surface area (Å²) in [6.07, 6.45) is 4.04. The Kier molecular flexibility index (Phi) is 5.25. The number of nitrogens with one attached hydrogen (secondary N) is 1. The third-order valence-electron chi connectivity index (χ3n) is 3.59. The van der Waals surface area contributed by atoms with E-state index in [0.29, 0.717) is 17.2 Å². The Hall–Kier alpha value is -1.03. The monoisotopic (exact) mass is 325 g/mol. The topological polar surface area (TPSA) is 38.3 Å². The van der Waals surface area contributed by atoms with E-state index in [0.717, 1.165) is 17.9 Å². The van der Waals surface area contributed by atoms with Crippen LogP contribution in [0.5, 0.6) is 5.75 Å². The highest BCUT2D eigenvalue weighted by Gasteiger charge is 2.22. The number of carbonyl (C=O) groups is 1. The minimum absolute atomic E-state index is 0.100. The van der Waals surface area contributed by atoms with Crippen LogP contribution in [0.4, 0.5) is 0 Å². The molecule has 1 aliphatic rings. The summed E-state index contributed by atoms with van der Waals surface area (Å²) in [5, 5.41) is 3.03. The first-order valence-electron chi connectivity index (χ1n) is 6.71. The summed E-state index contributed by atoms with van der Waals surface area (Å²) >= 11 is 3.63. The second-order valence-electron chi connectivity index (χ2n) is 5.11. The average Bonchev–Trinajstić information content (AvgIpc) is 2.83. The number of halogens is 1. The number of hydrogen-bond donors (Lipinski definition) is 1. The first-order valence-corrected chi connectivity index (χ1v) is 7.62. The largest absolute Gasteiger partial charge is 0.497 e. The van der Waals surface area contributed by atoms with Gasteiger partial charge in [0.05, 0.1) is 13.5 Å². The molecule has 19 heavy (non-hydrogen) atoms. The molecule has 1 N–H and O–H groups in total. The minimum Gasteiger partial charge on any atom is -0.497 e. The Balaban J connectivity index is 1.74. The van der Waals surface area contributed by atoms with Gasteiger partial charge in [0, 0.05) is 11.4 Å². The molecule has 1 aromatic rings. The Morgan fingerprint density at radius 3 is 2.68 bits per heavy atom. The molecule has 2 unspecified atom stereocenters. The van der Waals surface area contributed by atoms with Gasteiger partial charge in [0.25, 0.3) is 0 Å². The smallest absolute Gasteiger partial charge is 0.224 e. The van der Waals surface area contributed by atoms with Crippen LogP contribution in [0.1, 0.15) is 24.8 Å². The van der Waals surface area contributed by atoms with Crippen LogP contribution in [0.25, 0.3) is 0 Å². The maximum absolute atomic E-state index is 11.9. The molecule has 0 radical (unpaired) electrons. The summed E-state index contributed by atoms with van der Waals surface area (Å²) < 4.78 is 5.09. The highest BCUT2D eigenvalue weighted by molar-refractivity contribution is 9.09. The van der Waals surface area contributed by atoms with Gasteiger partial charge in [-0.2, -0.15) is 0 Å². The van der Waals surface area contributed by atoms with Crippen molar-refractivity contribution in [2.75, 3.05) is 13.7 Å². The zero-order chi connectivity index (χ0) is 13.7.